The molecule has 0 aromatic heterocycles. The van der Waals surface area contributed by atoms with E-state index < -0.39 is 5.97 Å². The maximum atomic E-state index is 11.6. The third-order valence-corrected chi connectivity index (χ3v) is 5.93. The molecule has 0 spiro atoms. The van der Waals surface area contributed by atoms with E-state index in [1.54, 1.807) is 6.07 Å². The second-order valence-corrected chi connectivity index (χ2v) is 7.24. The molecule has 0 bridgehead atoms. The van der Waals surface area contributed by atoms with Crippen molar-refractivity contribution in [1.29, 1.82) is 0 Å². The number of aromatic carboxylic acids is 1. The molecular weight excluding hydrogens is 326 g/mol. The molecule has 1 saturated carbocycles. The number of carbonyl (C=O) groups is 1. The quantitative estimate of drug-likeness (QED) is 0.814. The van der Waals surface area contributed by atoms with Gasteiger partial charge in [-0.05, 0) is 43.7 Å². The minimum absolute atomic E-state index is 0. The fraction of sp³-hybridized carbons (Fsp3) is 0.632. The second-order valence-electron chi connectivity index (χ2n) is 7.24. The Hall–Kier alpha value is -1.26. The van der Waals surface area contributed by atoms with E-state index in [4.69, 9.17) is 4.74 Å². The SMILES string of the molecule is Cl.O=C(O)c1cccc2c1C1OCCCC1C(C1CCCCC1)N2. The van der Waals surface area contributed by atoms with E-state index in [9.17, 15) is 9.90 Å². The molecule has 0 amide bonds. The fourth-order valence-corrected chi connectivity index (χ4v) is 4.90. The molecule has 4 rings (SSSR count). The lowest BCUT2D eigenvalue weighted by atomic mass is 9.70. The smallest absolute Gasteiger partial charge is 0.336 e. The predicted octanol–water partition coefficient (Wildman–Crippen LogP) is 4.65. The molecule has 24 heavy (non-hydrogen) atoms. The van der Waals surface area contributed by atoms with Gasteiger partial charge >= 0.3 is 5.97 Å². The van der Waals surface area contributed by atoms with Crippen LogP contribution >= 0.6 is 12.4 Å². The van der Waals surface area contributed by atoms with Gasteiger partial charge < -0.3 is 15.2 Å². The van der Waals surface area contributed by atoms with Crippen LogP contribution in [0.25, 0.3) is 0 Å². The summed E-state index contributed by atoms with van der Waals surface area (Å²) in [5.41, 5.74) is 2.24. The first-order chi connectivity index (χ1) is 11.3. The van der Waals surface area contributed by atoms with Crippen LogP contribution < -0.4 is 5.32 Å². The van der Waals surface area contributed by atoms with Crippen LogP contribution in [-0.2, 0) is 4.74 Å². The largest absolute Gasteiger partial charge is 0.478 e. The lowest BCUT2D eigenvalue weighted by molar-refractivity contribution is -0.0463. The van der Waals surface area contributed by atoms with Crippen molar-refractivity contribution < 1.29 is 14.6 Å². The Labute approximate surface area is 149 Å². The molecule has 2 aliphatic heterocycles. The molecule has 3 unspecified atom stereocenters. The van der Waals surface area contributed by atoms with Gasteiger partial charge in [0.2, 0.25) is 0 Å². The van der Waals surface area contributed by atoms with Crippen LogP contribution in [0.15, 0.2) is 18.2 Å². The van der Waals surface area contributed by atoms with Gasteiger partial charge in [-0.15, -0.1) is 12.4 Å². The third-order valence-electron chi connectivity index (χ3n) is 5.93. The monoisotopic (exact) mass is 351 g/mol. The van der Waals surface area contributed by atoms with E-state index in [0.29, 0.717) is 23.4 Å². The van der Waals surface area contributed by atoms with Crippen molar-refractivity contribution in [2.45, 2.75) is 57.1 Å². The van der Waals surface area contributed by atoms with E-state index in [0.717, 1.165) is 30.7 Å². The number of hydrogen-bond donors (Lipinski definition) is 2. The van der Waals surface area contributed by atoms with Crippen molar-refractivity contribution in [2.75, 3.05) is 11.9 Å². The molecule has 1 aliphatic carbocycles. The number of ether oxygens (including phenoxy) is 1. The zero-order valence-corrected chi connectivity index (χ0v) is 14.7. The van der Waals surface area contributed by atoms with Crippen LogP contribution in [0.5, 0.6) is 0 Å². The molecule has 2 fully saturated rings. The lowest BCUT2D eigenvalue weighted by Gasteiger charge is -2.47. The van der Waals surface area contributed by atoms with Crippen LogP contribution in [0.4, 0.5) is 5.69 Å². The molecule has 1 saturated heterocycles. The van der Waals surface area contributed by atoms with Gasteiger partial charge in [0.1, 0.15) is 0 Å². The maximum absolute atomic E-state index is 11.6. The molecule has 5 heteroatoms. The molecule has 2 N–H and O–H groups in total. The van der Waals surface area contributed by atoms with Crippen LogP contribution in [0.2, 0.25) is 0 Å². The van der Waals surface area contributed by atoms with E-state index in [1.807, 2.05) is 12.1 Å². The van der Waals surface area contributed by atoms with Crippen molar-refractivity contribution in [3.05, 3.63) is 29.3 Å². The highest BCUT2D eigenvalue weighted by atomic mass is 35.5. The Morgan fingerprint density at radius 1 is 1.12 bits per heavy atom. The van der Waals surface area contributed by atoms with Crippen molar-refractivity contribution in [3.63, 3.8) is 0 Å². The molecule has 4 nitrogen and oxygen atoms in total. The number of carboxylic acids is 1. The van der Waals surface area contributed by atoms with Gasteiger partial charge in [-0.1, -0.05) is 25.3 Å². The summed E-state index contributed by atoms with van der Waals surface area (Å²) in [6, 6.07) is 6.00. The average molecular weight is 352 g/mol. The van der Waals surface area contributed by atoms with E-state index in [-0.39, 0.29) is 18.5 Å². The first kappa shape index (κ1) is 17.6. The summed E-state index contributed by atoms with van der Waals surface area (Å²) >= 11 is 0. The van der Waals surface area contributed by atoms with Gasteiger partial charge in [-0.3, -0.25) is 0 Å². The van der Waals surface area contributed by atoms with Gasteiger partial charge in [0, 0.05) is 29.8 Å². The van der Waals surface area contributed by atoms with E-state index in [1.165, 1.54) is 32.1 Å². The molecule has 132 valence electrons. The number of fused-ring (bicyclic) bond motifs is 3. The highest BCUT2D eigenvalue weighted by Crippen LogP contribution is 2.48. The summed E-state index contributed by atoms with van der Waals surface area (Å²) in [6.45, 7) is 0.742. The Bertz CT molecular complexity index is 600. The Kier molecular flexibility index (Phi) is 5.36. The Balaban J connectivity index is 0.00000169. The average Bonchev–Trinajstić information content (AvgIpc) is 2.61. The molecule has 1 aromatic rings. The fourth-order valence-electron chi connectivity index (χ4n) is 4.90. The summed E-state index contributed by atoms with van der Waals surface area (Å²) in [5.74, 6) is 0.243. The van der Waals surface area contributed by atoms with Crippen LogP contribution in [0.3, 0.4) is 0 Å². The van der Waals surface area contributed by atoms with Gasteiger partial charge in [-0.25, -0.2) is 4.79 Å². The molecule has 2 heterocycles. The van der Waals surface area contributed by atoms with Crippen molar-refractivity contribution in [1.82, 2.24) is 0 Å². The number of anilines is 1. The number of carboxylic acid groups (broad SMARTS) is 1. The minimum Gasteiger partial charge on any atom is -0.478 e. The van der Waals surface area contributed by atoms with Gasteiger partial charge in [0.15, 0.2) is 0 Å². The predicted molar refractivity (Wildman–Crippen MR) is 96.1 cm³/mol. The van der Waals surface area contributed by atoms with Crippen molar-refractivity contribution in [3.8, 4) is 0 Å². The maximum Gasteiger partial charge on any atom is 0.336 e. The van der Waals surface area contributed by atoms with Crippen LogP contribution in [0.1, 0.15) is 67.0 Å². The van der Waals surface area contributed by atoms with Crippen molar-refractivity contribution in [2.24, 2.45) is 11.8 Å². The summed E-state index contributed by atoms with van der Waals surface area (Å²) in [7, 11) is 0. The second kappa shape index (κ2) is 7.32. The number of nitrogens with one attached hydrogen (secondary N) is 1. The summed E-state index contributed by atoms with van der Waals surface area (Å²) < 4.78 is 6.12. The van der Waals surface area contributed by atoms with Crippen LogP contribution in [0, 0.1) is 11.8 Å². The first-order valence-electron chi connectivity index (χ1n) is 9.00. The first-order valence-corrected chi connectivity index (χ1v) is 9.00. The highest BCUT2D eigenvalue weighted by molar-refractivity contribution is 5.92. The molecule has 0 radical (unpaired) electrons. The summed E-state index contributed by atoms with van der Waals surface area (Å²) in [5, 5.41) is 13.3. The Morgan fingerprint density at radius 3 is 2.67 bits per heavy atom. The van der Waals surface area contributed by atoms with E-state index in [2.05, 4.69) is 5.32 Å². The van der Waals surface area contributed by atoms with E-state index >= 15 is 0 Å². The summed E-state index contributed by atoms with van der Waals surface area (Å²) in [4.78, 5) is 11.6. The highest BCUT2D eigenvalue weighted by Gasteiger charge is 2.43. The molecule has 3 aliphatic rings. The minimum atomic E-state index is -0.854. The topological polar surface area (TPSA) is 58.6 Å². The molecule has 1 aromatic carbocycles. The Morgan fingerprint density at radius 2 is 1.92 bits per heavy atom. The number of benzene rings is 1. The zero-order valence-electron chi connectivity index (χ0n) is 13.9. The van der Waals surface area contributed by atoms with Crippen LogP contribution in [-0.4, -0.2) is 23.7 Å². The molecular formula is C19H26ClNO3. The standard InChI is InChI=1S/C19H25NO3.ClH/c21-19(22)13-8-4-10-15-16(13)18-14(9-5-11-23-18)17(20-15)12-6-2-1-3-7-12;/h4,8,10,12,14,17-18,20H,1-3,5-7,9,11H2,(H,21,22);1H. The summed E-state index contributed by atoms with van der Waals surface area (Å²) in [6.07, 6.45) is 8.73. The number of halogens is 1. The lowest BCUT2D eigenvalue weighted by Crippen LogP contribution is -2.46. The van der Waals surface area contributed by atoms with Crippen molar-refractivity contribution >= 4 is 24.1 Å². The van der Waals surface area contributed by atoms with Gasteiger partial charge in [0.25, 0.3) is 0 Å². The number of rotatable bonds is 2. The number of hydrogen-bond acceptors (Lipinski definition) is 3. The van der Waals surface area contributed by atoms with Gasteiger partial charge in [0.05, 0.1) is 11.7 Å². The normalized spacial score (nSPS) is 29.6. The molecule has 3 atom stereocenters. The zero-order chi connectivity index (χ0) is 15.8. The van der Waals surface area contributed by atoms with Gasteiger partial charge in [-0.2, -0.15) is 0 Å². The third kappa shape index (κ3) is 3.02.